The van der Waals surface area contributed by atoms with Gasteiger partial charge < -0.3 is 0 Å². The molecule has 92 valence electrons. The topological polar surface area (TPSA) is 0 Å². The quantitative estimate of drug-likeness (QED) is 0.493. The summed E-state index contributed by atoms with van der Waals surface area (Å²) in [7, 11) is 0. The smallest absolute Gasteiger partial charge is 0.0219 e. The predicted octanol–water partition coefficient (Wildman–Crippen LogP) is 6.00. The van der Waals surface area contributed by atoms with E-state index in [-0.39, 0.29) is 0 Å². The molecule has 0 aliphatic rings. The standard InChI is InChI=1S/C11H20.2C2H6/c1-8(2)7-11(9(3)4)10(5)6;2*1-2/h7,9H,1-6H3;2*1-2H3. The summed E-state index contributed by atoms with van der Waals surface area (Å²) in [5, 5.41) is 0. The van der Waals surface area contributed by atoms with Gasteiger partial charge in [-0.3, -0.25) is 0 Å². The zero-order chi connectivity index (χ0) is 13.0. The largest absolute Gasteiger partial charge is 0.0762 e. The molecule has 0 aliphatic carbocycles. The van der Waals surface area contributed by atoms with Gasteiger partial charge in [-0.15, -0.1) is 0 Å². The minimum atomic E-state index is 0.648. The van der Waals surface area contributed by atoms with E-state index in [1.165, 1.54) is 16.7 Å². The Morgan fingerprint density at radius 1 is 0.800 bits per heavy atom. The molecular formula is C15H32. The van der Waals surface area contributed by atoms with Crippen molar-refractivity contribution in [1.29, 1.82) is 0 Å². The van der Waals surface area contributed by atoms with Crippen LogP contribution in [-0.4, -0.2) is 0 Å². The molecular weight excluding hydrogens is 180 g/mol. The van der Waals surface area contributed by atoms with Gasteiger partial charge in [0.05, 0.1) is 0 Å². The van der Waals surface area contributed by atoms with Crippen LogP contribution >= 0.6 is 0 Å². The first-order valence-corrected chi connectivity index (χ1v) is 6.27. The molecule has 0 saturated heterocycles. The Kier molecular flexibility index (Phi) is 17.9. The van der Waals surface area contributed by atoms with Crippen LogP contribution in [0.1, 0.15) is 69.2 Å². The lowest BCUT2D eigenvalue weighted by Gasteiger charge is -2.09. The molecule has 0 atom stereocenters. The summed E-state index contributed by atoms with van der Waals surface area (Å²) >= 11 is 0. The van der Waals surface area contributed by atoms with E-state index in [2.05, 4.69) is 47.6 Å². The van der Waals surface area contributed by atoms with Crippen molar-refractivity contribution in [3.63, 3.8) is 0 Å². The fourth-order valence-electron chi connectivity index (χ4n) is 1.20. The van der Waals surface area contributed by atoms with Gasteiger partial charge in [-0.1, -0.05) is 58.8 Å². The van der Waals surface area contributed by atoms with Gasteiger partial charge in [0.2, 0.25) is 0 Å². The van der Waals surface area contributed by atoms with Gasteiger partial charge in [-0.05, 0) is 39.2 Å². The lowest BCUT2D eigenvalue weighted by Crippen LogP contribution is -1.93. The monoisotopic (exact) mass is 212 g/mol. The first-order valence-electron chi connectivity index (χ1n) is 6.27. The van der Waals surface area contributed by atoms with Crippen LogP contribution in [-0.2, 0) is 0 Å². The Hall–Kier alpha value is -0.520. The zero-order valence-electron chi connectivity index (χ0n) is 12.7. The van der Waals surface area contributed by atoms with Crippen LogP contribution in [0.2, 0.25) is 0 Å². The van der Waals surface area contributed by atoms with Crippen molar-refractivity contribution >= 4 is 0 Å². The minimum absolute atomic E-state index is 0.648. The average Bonchev–Trinajstić information content (AvgIpc) is 2.19. The van der Waals surface area contributed by atoms with Gasteiger partial charge in [-0.2, -0.15) is 0 Å². The maximum Gasteiger partial charge on any atom is -0.0219 e. The molecule has 0 aromatic rings. The first-order chi connectivity index (χ1) is 6.95. The van der Waals surface area contributed by atoms with Crippen molar-refractivity contribution < 1.29 is 0 Å². The summed E-state index contributed by atoms with van der Waals surface area (Å²) in [6, 6.07) is 0. The molecule has 0 amide bonds. The molecule has 0 nitrogen and oxygen atoms in total. The predicted molar refractivity (Wildman–Crippen MR) is 75.3 cm³/mol. The van der Waals surface area contributed by atoms with Gasteiger partial charge in [-0.25, -0.2) is 0 Å². The van der Waals surface area contributed by atoms with Crippen LogP contribution < -0.4 is 0 Å². The van der Waals surface area contributed by atoms with Gasteiger partial charge in [0.15, 0.2) is 0 Å². The van der Waals surface area contributed by atoms with Crippen LogP contribution in [0.15, 0.2) is 22.8 Å². The molecule has 0 heteroatoms. The van der Waals surface area contributed by atoms with E-state index in [0.717, 1.165) is 0 Å². The van der Waals surface area contributed by atoms with E-state index in [9.17, 15) is 0 Å². The molecule has 0 saturated carbocycles. The number of hydrogen-bond donors (Lipinski definition) is 0. The second kappa shape index (κ2) is 13.5. The third-order valence-electron chi connectivity index (χ3n) is 1.64. The summed E-state index contributed by atoms with van der Waals surface area (Å²) in [6.07, 6.45) is 2.28. The second-order valence-electron chi connectivity index (χ2n) is 3.83. The summed E-state index contributed by atoms with van der Waals surface area (Å²) < 4.78 is 0. The zero-order valence-corrected chi connectivity index (χ0v) is 12.7. The molecule has 0 unspecified atom stereocenters. The van der Waals surface area contributed by atoms with E-state index in [1.807, 2.05) is 27.7 Å². The molecule has 15 heavy (non-hydrogen) atoms. The molecule has 0 aliphatic heterocycles. The highest BCUT2D eigenvalue weighted by Crippen LogP contribution is 2.17. The van der Waals surface area contributed by atoms with Gasteiger partial charge in [0.1, 0.15) is 0 Å². The third kappa shape index (κ3) is 13.5. The second-order valence-corrected chi connectivity index (χ2v) is 3.83. The Balaban J connectivity index is -0.000000318. The highest BCUT2D eigenvalue weighted by atomic mass is 14.1. The summed E-state index contributed by atoms with van der Waals surface area (Å²) in [5.74, 6) is 0.648. The Bertz CT molecular complexity index is 172. The van der Waals surface area contributed by atoms with E-state index in [0.29, 0.717) is 5.92 Å². The number of allylic oxidation sites excluding steroid dienone is 4. The minimum Gasteiger partial charge on any atom is -0.0762 e. The highest BCUT2D eigenvalue weighted by molar-refractivity contribution is 5.27. The van der Waals surface area contributed by atoms with Crippen LogP contribution in [0.25, 0.3) is 0 Å². The molecule has 0 bridgehead atoms. The fourth-order valence-corrected chi connectivity index (χ4v) is 1.20. The molecule has 0 spiro atoms. The van der Waals surface area contributed by atoms with Crippen molar-refractivity contribution in [2.45, 2.75) is 69.2 Å². The first kappa shape index (κ1) is 20.0. The lowest BCUT2D eigenvalue weighted by molar-refractivity contribution is 0.777. The summed E-state index contributed by atoms with van der Waals surface area (Å²) in [5.41, 5.74) is 4.29. The van der Waals surface area contributed by atoms with Crippen LogP contribution in [0.4, 0.5) is 0 Å². The lowest BCUT2D eigenvalue weighted by atomic mass is 9.97. The van der Waals surface area contributed by atoms with E-state index in [1.54, 1.807) is 0 Å². The number of hydrogen-bond acceptors (Lipinski definition) is 0. The SMILES string of the molecule is CC.CC.CC(C)=CC(=C(C)C)C(C)C. The van der Waals surface area contributed by atoms with Gasteiger partial charge in [0.25, 0.3) is 0 Å². The molecule has 0 rings (SSSR count). The van der Waals surface area contributed by atoms with E-state index < -0.39 is 0 Å². The molecule has 0 radical (unpaired) electrons. The molecule has 0 aromatic heterocycles. The molecule has 0 N–H and O–H groups in total. The Morgan fingerprint density at radius 3 is 1.20 bits per heavy atom. The molecule has 0 aromatic carbocycles. The summed E-state index contributed by atoms with van der Waals surface area (Å²) in [6.45, 7) is 21.1. The van der Waals surface area contributed by atoms with Gasteiger partial charge >= 0.3 is 0 Å². The Labute approximate surface area is 98.5 Å². The summed E-state index contributed by atoms with van der Waals surface area (Å²) in [4.78, 5) is 0. The van der Waals surface area contributed by atoms with E-state index in [4.69, 9.17) is 0 Å². The third-order valence-corrected chi connectivity index (χ3v) is 1.64. The van der Waals surface area contributed by atoms with Crippen LogP contribution in [0.5, 0.6) is 0 Å². The van der Waals surface area contributed by atoms with Crippen LogP contribution in [0, 0.1) is 5.92 Å². The van der Waals surface area contributed by atoms with Crippen molar-refractivity contribution in [1.82, 2.24) is 0 Å². The number of rotatable bonds is 2. The molecule has 0 heterocycles. The van der Waals surface area contributed by atoms with E-state index >= 15 is 0 Å². The van der Waals surface area contributed by atoms with Crippen molar-refractivity contribution in [3.05, 3.63) is 22.8 Å². The van der Waals surface area contributed by atoms with Crippen molar-refractivity contribution in [2.75, 3.05) is 0 Å². The average molecular weight is 212 g/mol. The maximum absolute atomic E-state index is 2.28. The van der Waals surface area contributed by atoms with Gasteiger partial charge in [0, 0.05) is 0 Å². The van der Waals surface area contributed by atoms with Crippen LogP contribution in [0.3, 0.4) is 0 Å². The molecule has 0 fully saturated rings. The maximum atomic E-state index is 2.28. The highest BCUT2D eigenvalue weighted by Gasteiger charge is 2.00. The van der Waals surface area contributed by atoms with Crippen molar-refractivity contribution in [3.8, 4) is 0 Å². The normalized spacial score (nSPS) is 7.93. The Morgan fingerprint density at radius 2 is 1.13 bits per heavy atom. The fraction of sp³-hybridized carbons (Fsp3) is 0.733. The van der Waals surface area contributed by atoms with Crippen molar-refractivity contribution in [2.24, 2.45) is 5.92 Å².